The molecule has 0 aliphatic carbocycles. The predicted molar refractivity (Wildman–Crippen MR) is 88.1 cm³/mol. The minimum Gasteiger partial charge on any atom is -0.338 e. The summed E-state index contributed by atoms with van der Waals surface area (Å²) >= 11 is 6.04. The third kappa shape index (κ3) is 5.12. The number of amides is 1. The fourth-order valence-corrected chi connectivity index (χ4v) is 3.45. The molecule has 22 heavy (non-hydrogen) atoms. The monoisotopic (exact) mass is 342 g/mol. The van der Waals surface area contributed by atoms with Gasteiger partial charge in [0.2, 0.25) is 15.9 Å². The average Bonchev–Trinajstić information content (AvgIpc) is 2.44. The zero-order valence-corrected chi connectivity index (χ0v) is 13.9. The van der Waals surface area contributed by atoms with E-state index in [9.17, 15) is 13.2 Å². The van der Waals surface area contributed by atoms with Gasteiger partial charge in [0.15, 0.2) is 0 Å². The summed E-state index contributed by atoms with van der Waals surface area (Å²) in [7, 11) is -3.26. The highest BCUT2D eigenvalue weighted by Crippen LogP contribution is 2.17. The maximum atomic E-state index is 12.2. The fraction of sp³-hybridized carbons (Fsp3) is 0.400. The summed E-state index contributed by atoms with van der Waals surface area (Å²) in [5.41, 5.74) is 0.778. The van der Waals surface area contributed by atoms with Crippen molar-refractivity contribution in [3.05, 3.63) is 40.9 Å². The number of benzene rings is 1. The maximum Gasteiger partial charge on any atom is 0.246 e. The second-order valence-corrected chi connectivity index (χ2v) is 7.56. The van der Waals surface area contributed by atoms with Crippen molar-refractivity contribution in [1.82, 2.24) is 9.62 Å². The van der Waals surface area contributed by atoms with Crippen LogP contribution in [-0.2, 0) is 14.8 Å². The van der Waals surface area contributed by atoms with E-state index in [-0.39, 0.29) is 11.9 Å². The molecule has 1 saturated heterocycles. The van der Waals surface area contributed by atoms with E-state index in [1.165, 1.54) is 6.08 Å². The quantitative estimate of drug-likeness (QED) is 0.850. The van der Waals surface area contributed by atoms with Crippen molar-refractivity contribution in [2.24, 2.45) is 0 Å². The summed E-state index contributed by atoms with van der Waals surface area (Å²) in [6.45, 7) is 1.02. The van der Waals surface area contributed by atoms with Crippen molar-refractivity contribution in [2.45, 2.75) is 18.9 Å². The highest BCUT2D eigenvalue weighted by Gasteiger charge is 2.24. The molecule has 1 amide bonds. The molecule has 1 atom stereocenters. The Hall–Kier alpha value is -1.37. The summed E-state index contributed by atoms with van der Waals surface area (Å²) in [6.07, 6.45) is 5.80. The first-order chi connectivity index (χ1) is 10.3. The van der Waals surface area contributed by atoms with E-state index < -0.39 is 10.0 Å². The van der Waals surface area contributed by atoms with Crippen molar-refractivity contribution in [2.75, 3.05) is 19.3 Å². The second kappa shape index (κ2) is 7.26. The van der Waals surface area contributed by atoms with E-state index in [2.05, 4.69) is 4.72 Å². The summed E-state index contributed by atoms with van der Waals surface area (Å²) in [5.74, 6) is -0.139. The van der Waals surface area contributed by atoms with E-state index in [0.717, 1.165) is 24.7 Å². The van der Waals surface area contributed by atoms with Crippen LogP contribution in [0.1, 0.15) is 18.4 Å². The van der Waals surface area contributed by atoms with Gasteiger partial charge >= 0.3 is 0 Å². The number of rotatable bonds is 4. The Bertz CT molecular complexity index is 673. The zero-order chi connectivity index (χ0) is 16.2. The molecule has 5 nitrogen and oxygen atoms in total. The van der Waals surface area contributed by atoms with Gasteiger partial charge in [0.05, 0.1) is 6.26 Å². The van der Waals surface area contributed by atoms with Gasteiger partial charge in [-0.2, -0.15) is 0 Å². The van der Waals surface area contributed by atoms with E-state index in [1.54, 1.807) is 17.0 Å². The molecule has 1 aliphatic heterocycles. The van der Waals surface area contributed by atoms with E-state index in [0.29, 0.717) is 18.1 Å². The summed E-state index contributed by atoms with van der Waals surface area (Å²) in [4.78, 5) is 13.9. The number of nitrogens with zero attached hydrogens (tertiary/aromatic N) is 1. The van der Waals surface area contributed by atoms with Crippen LogP contribution in [0.25, 0.3) is 6.08 Å². The topological polar surface area (TPSA) is 66.5 Å². The molecule has 0 unspecified atom stereocenters. The Labute approximate surface area is 136 Å². The molecular formula is C15H19ClN2O3S. The van der Waals surface area contributed by atoms with E-state index in [1.807, 2.05) is 18.2 Å². The number of carbonyl (C=O) groups excluding carboxylic acids is 1. The molecular weight excluding hydrogens is 324 g/mol. The van der Waals surface area contributed by atoms with Crippen LogP contribution in [0.5, 0.6) is 0 Å². The van der Waals surface area contributed by atoms with Crippen molar-refractivity contribution in [1.29, 1.82) is 0 Å². The van der Waals surface area contributed by atoms with Gasteiger partial charge in [-0.15, -0.1) is 0 Å². The van der Waals surface area contributed by atoms with E-state index in [4.69, 9.17) is 11.6 Å². The number of piperidine rings is 1. The van der Waals surface area contributed by atoms with Crippen molar-refractivity contribution in [3.8, 4) is 0 Å². The van der Waals surface area contributed by atoms with Gasteiger partial charge in [0.1, 0.15) is 0 Å². The molecule has 1 N–H and O–H groups in total. The summed E-state index contributed by atoms with van der Waals surface area (Å²) in [6, 6.07) is 7.05. The molecule has 1 aromatic rings. The Morgan fingerprint density at radius 1 is 1.41 bits per heavy atom. The minimum absolute atomic E-state index is 0.139. The lowest BCUT2D eigenvalue weighted by Gasteiger charge is -2.32. The largest absolute Gasteiger partial charge is 0.338 e. The van der Waals surface area contributed by atoms with Gasteiger partial charge in [-0.1, -0.05) is 29.8 Å². The molecule has 0 spiro atoms. The van der Waals surface area contributed by atoms with Gasteiger partial charge in [-0.3, -0.25) is 4.79 Å². The van der Waals surface area contributed by atoms with Gasteiger partial charge < -0.3 is 4.90 Å². The van der Waals surface area contributed by atoms with Crippen LogP contribution in [0, 0.1) is 0 Å². The molecule has 7 heteroatoms. The lowest BCUT2D eigenvalue weighted by atomic mass is 10.1. The van der Waals surface area contributed by atoms with Gasteiger partial charge in [-0.05, 0) is 30.5 Å². The number of hydrogen-bond donors (Lipinski definition) is 1. The normalized spacial score (nSPS) is 19.5. The molecule has 0 bridgehead atoms. The number of carbonyl (C=O) groups is 1. The number of halogens is 1. The molecule has 0 saturated carbocycles. The predicted octanol–water partition coefficient (Wildman–Crippen LogP) is 1.89. The lowest BCUT2D eigenvalue weighted by molar-refractivity contribution is -0.127. The first kappa shape index (κ1) is 17.0. The minimum atomic E-state index is -3.26. The van der Waals surface area contributed by atoms with Crippen molar-refractivity contribution < 1.29 is 13.2 Å². The third-order valence-corrected chi connectivity index (χ3v) is 4.53. The lowest BCUT2D eigenvalue weighted by Crippen LogP contribution is -2.48. The number of hydrogen-bond acceptors (Lipinski definition) is 3. The Morgan fingerprint density at radius 3 is 2.82 bits per heavy atom. The van der Waals surface area contributed by atoms with Gasteiger partial charge in [-0.25, -0.2) is 13.1 Å². The molecule has 0 radical (unpaired) electrons. The summed E-state index contributed by atoms with van der Waals surface area (Å²) < 4.78 is 25.1. The number of likely N-dealkylation sites (tertiary alicyclic amines) is 1. The smallest absolute Gasteiger partial charge is 0.246 e. The zero-order valence-electron chi connectivity index (χ0n) is 12.3. The SMILES string of the molecule is CS(=O)(=O)N[C@@H]1CCCN(C(=O)/C=C\c2ccccc2Cl)C1. The maximum absolute atomic E-state index is 12.2. The highest BCUT2D eigenvalue weighted by atomic mass is 35.5. The van der Waals surface area contributed by atoms with Crippen LogP contribution in [0.3, 0.4) is 0 Å². The number of nitrogens with one attached hydrogen (secondary N) is 1. The Balaban J connectivity index is 1.99. The molecule has 0 aromatic heterocycles. The Morgan fingerprint density at radius 2 is 2.14 bits per heavy atom. The highest BCUT2D eigenvalue weighted by molar-refractivity contribution is 7.88. The molecule has 1 aromatic carbocycles. The number of sulfonamides is 1. The van der Waals surface area contributed by atoms with Crippen LogP contribution in [0.4, 0.5) is 0 Å². The first-order valence-electron chi connectivity index (χ1n) is 7.04. The van der Waals surface area contributed by atoms with Gasteiger partial charge in [0, 0.05) is 30.2 Å². The van der Waals surface area contributed by atoms with Crippen molar-refractivity contribution >= 4 is 33.6 Å². The molecule has 1 fully saturated rings. The van der Waals surface area contributed by atoms with Crippen molar-refractivity contribution in [3.63, 3.8) is 0 Å². The van der Waals surface area contributed by atoms with Crippen LogP contribution in [0.15, 0.2) is 30.3 Å². The molecule has 1 heterocycles. The molecule has 2 rings (SSSR count). The average molecular weight is 343 g/mol. The third-order valence-electron chi connectivity index (χ3n) is 3.42. The Kier molecular flexibility index (Phi) is 5.61. The van der Waals surface area contributed by atoms with E-state index >= 15 is 0 Å². The van der Waals surface area contributed by atoms with Crippen LogP contribution >= 0.6 is 11.6 Å². The molecule has 120 valence electrons. The van der Waals surface area contributed by atoms with Crippen LogP contribution in [-0.4, -0.2) is 44.6 Å². The first-order valence-corrected chi connectivity index (χ1v) is 9.31. The fourth-order valence-electron chi connectivity index (χ4n) is 2.45. The standard InChI is InChI=1S/C15H19ClN2O3S/c1-22(20,21)17-13-6-4-10-18(11-13)15(19)9-8-12-5-2-3-7-14(12)16/h2-3,5,7-9,13,17H,4,6,10-11H2,1H3/b9-8-/t13-/m1/s1. The van der Waals surface area contributed by atoms with Gasteiger partial charge in [0.25, 0.3) is 0 Å². The molecule has 1 aliphatic rings. The van der Waals surface area contributed by atoms with Crippen LogP contribution in [0.2, 0.25) is 5.02 Å². The van der Waals surface area contributed by atoms with Crippen LogP contribution < -0.4 is 4.72 Å². The summed E-state index contributed by atoms with van der Waals surface area (Å²) in [5, 5.41) is 0.585. The second-order valence-electron chi connectivity index (χ2n) is 5.37.